The van der Waals surface area contributed by atoms with Crippen molar-refractivity contribution >= 4 is 19.7 Å². The van der Waals surface area contributed by atoms with E-state index in [-0.39, 0.29) is 17.8 Å². The molecule has 0 N–H and O–H groups in total. The van der Waals surface area contributed by atoms with Crippen LogP contribution in [0, 0.1) is 0 Å². The first-order valence-corrected chi connectivity index (χ1v) is 10.1. The van der Waals surface area contributed by atoms with Gasteiger partial charge in [-0.3, -0.25) is 0 Å². The number of hydrogen-bond acceptors (Lipinski definition) is 3. The summed E-state index contributed by atoms with van der Waals surface area (Å²) in [5.74, 6) is -0.275. The fourth-order valence-corrected chi connectivity index (χ4v) is 4.09. The van der Waals surface area contributed by atoms with E-state index in [0.29, 0.717) is 6.61 Å². The Hall–Kier alpha value is -0.580. The molecule has 118 valence electrons. The summed E-state index contributed by atoms with van der Waals surface area (Å²) in [6.07, 6.45) is 7.38. The standard InChI is InChI=1S/C16H23ClO3S/c17-21(18,19)13-15(14-8-4-3-5-9-14)12-20-16-10-6-1-2-7-11-16/h3-5,8-9,15-16H,1-2,6-7,10-13H2. The topological polar surface area (TPSA) is 43.4 Å². The minimum absolute atomic E-state index is 0.0781. The van der Waals surface area contributed by atoms with Gasteiger partial charge in [0.25, 0.3) is 0 Å². The molecule has 3 nitrogen and oxygen atoms in total. The van der Waals surface area contributed by atoms with Crippen LogP contribution in [0.2, 0.25) is 0 Å². The Kier molecular flexibility index (Phi) is 6.52. The van der Waals surface area contributed by atoms with Crippen LogP contribution in [0.4, 0.5) is 0 Å². The maximum atomic E-state index is 11.4. The van der Waals surface area contributed by atoms with Crippen LogP contribution in [0.1, 0.15) is 50.0 Å². The molecule has 21 heavy (non-hydrogen) atoms. The summed E-state index contributed by atoms with van der Waals surface area (Å²) in [4.78, 5) is 0. The zero-order chi connectivity index (χ0) is 15.1. The molecular formula is C16H23ClO3S. The molecule has 1 fully saturated rings. The molecule has 0 heterocycles. The van der Waals surface area contributed by atoms with Gasteiger partial charge in [-0.25, -0.2) is 8.42 Å². The molecule has 2 rings (SSSR count). The van der Waals surface area contributed by atoms with Gasteiger partial charge in [0.05, 0.1) is 18.5 Å². The van der Waals surface area contributed by atoms with Crippen LogP contribution in [0.15, 0.2) is 30.3 Å². The number of hydrogen-bond donors (Lipinski definition) is 0. The van der Waals surface area contributed by atoms with Gasteiger partial charge in [0.2, 0.25) is 9.05 Å². The van der Waals surface area contributed by atoms with Crippen molar-refractivity contribution in [3.8, 4) is 0 Å². The summed E-state index contributed by atoms with van der Waals surface area (Å²) in [6.45, 7) is 0.417. The van der Waals surface area contributed by atoms with Gasteiger partial charge in [-0.15, -0.1) is 0 Å². The summed E-state index contributed by atoms with van der Waals surface area (Å²) in [7, 11) is 1.90. The molecule has 0 amide bonds. The van der Waals surface area contributed by atoms with Crippen molar-refractivity contribution in [1.29, 1.82) is 0 Å². The van der Waals surface area contributed by atoms with Crippen molar-refractivity contribution in [2.45, 2.75) is 50.5 Å². The largest absolute Gasteiger partial charge is 0.378 e. The third kappa shape index (κ3) is 6.37. The van der Waals surface area contributed by atoms with E-state index in [1.54, 1.807) is 0 Å². The van der Waals surface area contributed by atoms with E-state index in [1.165, 1.54) is 25.7 Å². The highest BCUT2D eigenvalue weighted by Crippen LogP contribution is 2.24. The Morgan fingerprint density at radius 1 is 1.10 bits per heavy atom. The molecule has 0 radical (unpaired) electrons. The monoisotopic (exact) mass is 330 g/mol. The zero-order valence-electron chi connectivity index (χ0n) is 12.2. The predicted octanol–water partition coefficient (Wildman–Crippen LogP) is 4.08. The van der Waals surface area contributed by atoms with Crippen LogP contribution >= 0.6 is 10.7 Å². The minimum Gasteiger partial charge on any atom is -0.378 e. The predicted molar refractivity (Wildman–Crippen MR) is 86.3 cm³/mol. The van der Waals surface area contributed by atoms with E-state index >= 15 is 0 Å². The highest BCUT2D eigenvalue weighted by atomic mass is 35.7. The lowest BCUT2D eigenvalue weighted by Crippen LogP contribution is -2.21. The molecular weight excluding hydrogens is 308 g/mol. The maximum Gasteiger partial charge on any atom is 0.233 e. The van der Waals surface area contributed by atoms with E-state index in [2.05, 4.69) is 0 Å². The molecule has 1 aromatic carbocycles. The maximum absolute atomic E-state index is 11.4. The van der Waals surface area contributed by atoms with E-state index in [1.807, 2.05) is 30.3 Å². The highest BCUT2D eigenvalue weighted by Gasteiger charge is 2.21. The van der Waals surface area contributed by atoms with Crippen molar-refractivity contribution in [3.63, 3.8) is 0 Å². The summed E-state index contributed by atoms with van der Waals surface area (Å²) in [5, 5.41) is 0. The molecule has 1 saturated carbocycles. The van der Waals surface area contributed by atoms with Gasteiger partial charge >= 0.3 is 0 Å². The fraction of sp³-hybridized carbons (Fsp3) is 0.625. The molecule has 0 aliphatic heterocycles. The van der Waals surface area contributed by atoms with Gasteiger partial charge in [-0.1, -0.05) is 56.0 Å². The third-order valence-electron chi connectivity index (χ3n) is 4.01. The summed E-state index contributed by atoms with van der Waals surface area (Å²) in [5.41, 5.74) is 0.968. The van der Waals surface area contributed by atoms with Crippen molar-refractivity contribution in [2.24, 2.45) is 0 Å². The van der Waals surface area contributed by atoms with Crippen molar-refractivity contribution in [1.82, 2.24) is 0 Å². The SMILES string of the molecule is O=S(=O)(Cl)CC(COC1CCCCCC1)c1ccccc1. The summed E-state index contributed by atoms with van der Waals surface area (Å²) in [6, 6.07) is 9.61. The first kappa shape index (κ1) is 16.8. The van der Waals surface area contributed by atoms with Gasteiger partial charge in [0.15, 0.2) is 0 Å². The second kappa shape index (κ2) is 8.16. The Balaban J connectivity index is 1.98. The van der Waals surface area contributed by atoms with E-state index in [9.17, 15) is 8.42 Å². The molecule has 1 aliphatic carbocycles. The summed E-state index contributed by atoms with van der Waals surface area (Å²) < 4.78 is 28.9. The third-order valence-corrected chi connectivity index (χ3v) is 5.19. The van der Waals surface area contributed by atoms with E-state index < -0.39 is 9.05 Å². The van der Waals surface area contributed by atoms with Crippen LogP contribution in [0.25, 0.3) is 0 Å². The number of benzene rings is 1. The molecule has 1 atom stereocenters. The molecule has 0 bridgehead atoms. The number of halogens is 1. The molecule has 1 aliphatic rings. The molecule has 0 saturated heterocycles. The lowest BCUT2D eigenvalue weighted by atomic mass is 10.0. The van der Waals surface area contributed by atoms with Gasteiger partial charge < -0.3 is 4.74 Å². The Bertz CT molecular complexity index is 508. The minimum atomic E-state index is -3.54. The smallest absolute Gasteiger partial charge is 0.233 e. The second-order valence-corrected chi connectivity index (χ2v) is 8.58. The molecule has 0 spiro atoms. The zero-order valence-corrected chi connectivity index (χ0v) is 13.8. The van der Waals surface area contributed by atoms with Gasteiger partial charge in [0.1, 0.15) is 0 Å². The second-order valence-electron chi connectivity index (χ2n) is 5.76. The summed E-state index contributed by atoms with van der Waals surface area (Å²) >= 11 is 0. The Labute approximate surface area is 132 Å². The number of ether oxygens (including phenoxy) is 1. The first-order valence-electron chi connectivity index (χ1n) is 7.63. The molecule has 5 heteroatoms. The van der Waals surface area contributed by atoms with Crippen LogP contribution in [0.5, 0.6) is 0 Å². The van der Waals surface area contributed by atoms with Crippen LogP contribution in [-0.2, 0) is 13.8 Å². The Morgan fingerprint density at radius 2 is 1.71 bits per heavy atom. The number of rotatable bonds is 6. The molecule has 1 unspecified atom stereocenters. The normalized spacial score (nSPS) is 19.1. The van der Waals surface area contributed by atoms with Crippen molar-refractivity contribution in [3.05, 3.63) is 35.9 Å². The van der Waals surface area contributed by atoms with Crippen LogP contribution in [0.3, 0.4) is 0 Å². The van der Waals surface area contributed by atoms with Crippen molar-refractivity contribution in [2.75, 3.05) is 12.4 Å². The van der Waals surface area contributed by atoms with Gasteiger partial charge in [0, 0.05) is 16.6 Å². The van der Waals surface area contributed by atoms with E-state index in [0.717, 1.165) is 18.4 Å². The molecule has 1 aromatic rings. The lowest BCUT2D eigenvalue weighted by Gasteiger charge is -2.21. The van der Waals surface area contributed by atoms with Gasteiger partial charge in [-0.2, -0.15) is 0 Å². The lowest BCUT2D eigenvalue weighted by molar-refractivity contribution is 0.0365. The first-order chi connectivity index (χ1) is 10.0. The Morgan fingerprint density at radius 3 is 2.29 bits per heavy atom. The van der Waals surface area contributed by atoms with Gasteiger partial charge in [-0.05, 0) is 18.4 Å². The average molecular weight is 331 g/mol. The average Bonchev–Trinajstić information content (AvgIpc) is 2.72. The highest BCUT2D eigenvalue weighted by molar-refractivity contribution is 8.13. The van der Waals surface area contributed by atoms with Crippen molar-refractivity contribution < 1.29 is 13.2 Å². The van der Waals surface area contributed by atoms with E-state index in [4.69, 9.17) is 15.4 Å². The van der Waals surface area contributed by atoms with Crippen LogP contribution < -0.4 is 0 Å². The van der Waals surface area contributed by atoms with Crippen LogP contribution in [-0.4, -0.2) is 26.9 Å². The quantitative estimate of drug-likeness (QED) is 0.583. The molecule has 0 aromatic heterocycles. The fourth-order valence-electron chi connectivity index (χ4n) is 2.87.